The predicted octanol–water partition coefficient (Wildman–Crippen LogP) is 3.15. The van der Waals surface area contributed by atoms with Gasteiger partial charge in [0.2, 0.25) is 0 Å². The van der Waals surface area contributed by atoms with Gasteiger partial charge < -0.3 is 15.0 Å². The van der Waals surface area contributed by atoms with E-state index >= 15 is 0 Å². The number of morpholine rings is 1. The molecule has 0 radical (unpaired) electrons. The van der Waals surface area contributed by atoms with E-state index in [0.717, 1.165) is 49.4 Å². The second kappa shape index (κ2) is 11.2. The Bertz CT molecular complexity index is 841. The highest BCUT2D eigenvalue weighted by atomic mass is 19.1. The number of nitrogens with one attached hydrogen (secondary N) is 2. The van der Waals surface area contributed by atoms with Gasteiger partial charge >= 0.3 is 6.03 Å². The highest BCUT2D eigenvalue weighted by Crippen LogP contribution is 2.19. The van der Waals surface area contributed by atoms with E-state index < -0.39 is 0 Å². The molecule has 1 aromatic carbocycles. The number of hydrogen-bond donors (Lipinski definition) is 2. The van der Waals surface area contributed by atoms with Crippen molar-refractivity contribution in [2.24, 2.45) is 5.92 Å². The summed E-state index contributed by atoms with van der Waals surface area (Å²) < 4.78 is 19.2. The lowest BCUT2D eigenvalue weighted by molar-refractivity contribution is -0.0293. The van der Waals surface area contributed by atoms with Crippen molar-refractivity contribution in [1.82, 2.24) is 25.3 Å². The number of carbonyl (C=O) groups is 1. The SMILES string of the molecule is CC(C)CN1CCOC(CNC(=O)N(C)CCCc2cc(-c3cccc(F)c3)n[nH]2)C1. The molecule has 2 amide bonds. The van der Waals surface area contributed by atoms with Crippen LogP contribution < -0.4 is 5.32 Å². The van der Waals surface area contributed by atoms with Crippen molar-refractivity contribution in [1.29, 1.82) is 0 Å². The van der Waals surface area contributed by atoms with Crippen LogP contribution in [0.4, 0.5) is 9.18 Å². The molecule has 3 rings (SSSR count). The first kappa shape index (κ1) is 23.2. The zero-order valence-corrected chi connectivity index (χ0v) is 18.7. The van der Waals surface area contributed by atoms with E-state index in [1.165, 1.54) is 12.1 Å². The summed E-state index contributed by atoms with van der Waals surface area (Å²) in [5.41, 5.74) is 2.43. The fourth-order valence-corrected chi connectivity index (χ4v) is 3.82. The fourth-order valence-electron chi connectivity index (χ4n) is 3.82. The lowest BCUT2D eigenvalue weighted by Crippen LogP contribution is -2.50. The van der Waals surface area contributed by atoms with E-state index in [1.54, 1.807) is 18.0 Å². The number of rotatable bonds is 9. The molecule has 1 unspecified atom stereocenters. The summed E-state index contributed by atoms with van der Waals surface area (Å²) in [6.07, 6.45) is 1.60. The highest BCUT2D eigenvalue weighted by molar-refractivity contribution is 5.73. The van der Waals surface area contributed by atoms with Crippen LogP contribution in [0, 0.1) is 11.7 Å². The summed E-state index contributed by atoms with van der Waals surface area (Å²) in [5, 5.41) is 10.2. The van der Waals surface area contributed by atoms with Gasteiger partial charge in [0.15, 0.2) is 0 Å². The van der Waals surface area contributed by atoms with Crippen molar-refractivity contribution in [3.05, 3.63) is 41.8 Å². The maximum absolute atomic E-state index is 13.4. The van der Waals surface area contributed by atoms with E-state index in [0.29, 0.717) is 25.6 Å². The number of aromatic amines is 1. The second-order valence-corrected chi connectivity index (χ2v) is 8.65. The zero-order valence-electron chi connectivity index (χ0n) is 18.7. The zero-order chi connectivity index (χ0) is 22.2. The number of ether oxygens (including phenoxy) is 1. The van der Waals surface area contributed by atoms with E-state index in [4.69, 9.17) is 4.74 Å². The summed E-state index contributed by atoms with van der Waals surface area (Å²) in [6.45, 7) is 9.17. The summed E-state index contributed by atoms with van der Waals surface area (Å²) in [7, 11) is 1.80. The van der Waals surface area contributed by atoms with Crippen molar-refractivity contribution in [2.75, 3.05) is 46.4 Å². The van der Waals surface area contributed by atoms with Gasteiger partial charge in [0.25, 0.3) is 0 Å². The summed E-state index contributed by atoms with van der Waals surface area (Å²) in [6, 6.07) is 8.23. The van der Waals surface area contributed by atoms with Gasteiger partial charge in [0, 0.05) is 51.0 Å². The first-order valence-corrected chi connectivity index (χ1v) is 11.0. The van der Waals surface area contributed by atoms with E-state index in [1.807, 2.05) is 12.1 Å². The Balaban J connectivity index is 1.37. The Hall–Kier alpha value is -2.45. The summed E-state index contributed by atoms with van der Waals surface area (Å²) in [5.74, 6) is 0.347. The van der Waals surface area contributed by atoms with Crippen LogP contribution >= 0.6 is 0 Å². The number of halogens is 1. The molecule has 8 heteroatoms. The van der Waals surface area contributed by atoms with Crippen molar-refractivity contribution in [2.45, 2.75) is 32.8 Å². The average molecular weight is 432 g/mol. The van der Waals surface area contributed by atoms with Crippen LogP contribution in [0.3, 0.4) is 0 Å². The van der Waals surface area contributed by atoms with Gasteiger partial charge in [0.1, 0.15) is 5.82 Å². The maximum Gasteiger partial charge on any atom is 0.317 e. The smallest absolute Gasteiger partial charge is 0.317 e. The van der Waals surface area contributed by atoms with Crippen molar-refractivity contribution >= 4 is 6.03 Å². The van der Waals surface area contributed by atoms with Gasteiger partial charge in [0.05, 0.1) is 18.4 Å². The monoisotopic (exact) mass is 431 g/mol. The number of urea groups is 1. The topological polar surface area (TPSA) is 73.5 Å². The van der Waals surface area contributed by atoms with Crippen LogP contribution in [0.15, 0.2) is 30.3 Å². The molecule has 31 heavy (non-hydrogen) atoms. The van der Waals surface area contributed by atoms with Crippen LogP contribution in [-0.4, -0.2) is 78.5 Å². The Morgan fingerprint density at radius 2 is 2.26 bits per heavy atom. The minimum absolute atomic E-state index is 0.0380. The lowest BCUT2D eigenvalue weighted by Gasteiger charge is -2.34. The third-order valence-electron chi connectivity index (χ3n) is 5.36. The molecule has 7 nitrogen and oxygen atoms in total. The molecule has 1 atom stereocenters. The Kier molecular flexibility index (Phi) is 8.43. The number of benzene rings is 1. The molecule has 1 aliphatic rings. The van der Waals surface area contributed by atoms with Crippen LogP contribution in [-0.2, 0) is 11.2 Å². The standard InChI is InChI=1S/C23H34FN5O2/c1-17(2)15-29-10-11-31-21(16-29)14-25-23(30)28(3)9-5-8-20-13-22(27-26-20)18-6-4-7-19(24)12-18/h4,6-7,12-13,17,21H,5,8-11,14-16H2,1-3H3,(H,25,30)(H,26,27). The van der Waals surface area contributed by atoms with E-state index in [-0.39, 0.29) is 18.0 Å². The molecular weight excluding hydrogens is 397 g/mol. The Morgan fingerprint density at radius 3 is 3.03 bits per heavy atom. The van der Waals surface area contributed by atoms with Gasteiger partial charge in [-0.2, -0.15) is 5.10 Å². The van der Waals surface area contributed by atoms with Crippen molar-refractivity contribution in [3.8, 4) is 11.3 Å². The number of H-pyrrole nitrogens is 1. The maximum atomic E-state index is 13.4. The summed E-state index contributed by atoms with van der Waals surface area (Å²) >= 11 is 0. The number of aromatic nitrogens is 2. The van der Waals surface area contributed by atoms with Crippen LogP contribution in [0.25, 0.3) is 11.3 Å². The van der Waals surface area contributed by atoms with Gasteiger partial charge in [-0.15, -0.1) is 0 Å². The Labute approximate surface area is 183 Å². The average Bonchev–Trinajstić information content (AvgIpc) is 3.21. The van der Waals surface area contributed by atoms with Crippen LogP contribution in [0.1, 0.15) is 26.0 Å². The molecular formula is C23H34FN5O2. The number of hydrogen-bond acceptors (Lipinski definition) is 4. The third kappa shape index (κ3) is 7.33. The minimum atomic E-state index is -0.277. The van der Waals surface area contributed by atoms with Gasteiger partial charge in [-0.1, -0.05) is 26.0 Å². The number of nitrogens with zero attached hydrogens (tertiary/aromatic N) is 3. The number of amides is 2. The molecule has 0 spiro atoms. The predicted molar refractivity (Wildman–Crippen MR) is 119 cm³/mol. The largest absolute Gasteiger partial charge is 0.374 e. The lowest BCUT2D eigenvalue weighted by atomic mass is 10.1. The molecule has 2 heterocycles. The van der Waals surface area contributed by atoms with Gasteiger partial charge in [-0.3, -0.25) is 10.00 Å². The van der Waals surface area contributed by atoms with E-state index in [2.05, 4.69) is 34.3 Å². The summed E-state index contributed by atoms with van der Waals surface area (Å²) in [4.78, 5) is 16.5. The number of carbonyl (C=O) groups excluding carboxylic acids is 1. The fraction of sp³-hybridized carbons (Fsp3) is 0.565. The molecule has 0 saturated carbocycles. The Morgan fingerprint density at radius 1 is 1.42 bits per heavy atom. The highest BCUT2D eigenvalue weighted by Gasteiger charge is 2.22. The number of aryl methyl sites for hydroxylation is 1. The van der Waals surface area contributed by atoms with E-state index in [9.17, 15) is 9.18 Å². The molecule has 170 valence electrons. The quantitative estimate of drug-likeness (QED) is 0.640. The van der Waals surface area contributed by atoms with Gasteiger partial charge in [-0.25, -0.2) is 9.18 Å². The molecule has 0 aliphatic carbocycles. The minimum Gasteiger partial charge on any atom is -0.374 e. The van der Waals surface area contributed by atoms with Crippen molar-refractivity contribution in [3.63, 3.8) is 0 Å². The molecule has 1 saturated heterocycles. The van der Waals surface area contributed by atoms with Crippen LogP contribution in [0.5, 0.6) is 0 Å². The third-order valence-corrected chi connectivity index (χ3v) is 5.36. The molecule has 1 aliphatic heterocycles. The van der Waals surface area contributed by atoms with Crippen molar-refractivity contribution < 1.29 is 13.9 Å². The normalized spacial score (nSPS) is 17.1. The second-order valence-electron chi connectivity index (χ2n) is 8.65. The van der Waals surface area contributed by atoms with Crippen LogP contribution in [0.2, 0.25) is 0 Å². The molecule has 1 fully saturated rings. The molecule has 2 N–H and O–H groups in total. The first-order chi connectivity index (χ1) is 14.9. The van der Waals surface area contributed by atoms with Gasteiger partial charge in [-0.05, 0) is 37.0 Å². The molecule has 0 bridgehead atoms. The molecule has 2 aromatic rings. The first-order valence-electron chi connectivity index (χ1n) is 11.0. The molecule has 1 aromatic heterocycles.